The first-order chi connectivity index (χ1) is 18.1. The van der Waals surface area contributed by atoms with E-state index in [0.29, 0.717) is 0 Å². The third kappa shape index (κ3) is 21.3. The summed E-state index contributed by atoms with van der Waals surface area (Å²) in [6.45, 7) is 10.6. The van der Waals surface area contributed by atoms with Gasteiger partial charge in [-0.15, -0.1) is 4.44 Å². The maximum Gasteiger partial charge on any atom is 1.00 e. The molecule has 10 heteroatoms. The summed E-state index contributed by atoms with van der Waals surface area (Å²) in [5.41, 5.74) is 0. The van der Waals surface area contributed by atoms with E-state index in [4.69, 9.17) is 9.47 Å². The molecule has 3 unspecified atom stereocenters. The van der Waals surface area contributed by atoms with Gasteiger partial charge in [-0.3, -0.25) is 14.1 Å². The van der Waals surface area contributed by atoms with Crippen LogP contribution in [0.5, 0.6) is 0 Å². The Labute approximate surface area is 268 Å². The molecular weight excluding hydrogens is 542 g/mol. The second-order valence-electron chi connectivity index (χ2n) is 10.3. The number of hydrogen-bond acceptors (Lipinski definition) is 6. The molecule has 7 nitrogen and oxygen atoms in total. The summed E-state index contributed by atoms with van der Waals surface area (Å²) < 4.78 is 44.5. The van der Waals surface area contributed by atoms with Crippen molar-refractivity contribution in [3.63, 3.8) is 0 Å². The van der Waals surface area contributed by atoms with E-state index in [9.17, 15) is 22.6 Å². The molecule has 0 aliphatic heterocycles. The number of esters is 2. The van der Waals surface area contributed by atoms with Gasteiger partial charge < -0.3 is 10.9 Å². The molecule has 222 valence electrons. The van der Waals surface area contributed by atoms with Crippen LogP contribution in [0.1, 0.15) is 113 Å². The van der Waals surface area contributed by atoms with Gasteiger partial charge in [0.1, 0.15) is 0 Å². The maximum atomic E-state index is 12.2. The predicted molar refractivity (Wildman–Crippen MR) is 158 cm³/mol. The van der Waals surface area contributed by atoms with Crippen molar-refractivity contribution in [2.75, 3.05) is 13.2 Å². The molecule has 39 heavy (non-hydrogen) atoms. The van der Waals surface area contributed by atoms with Gasteiger partial charge in [0, 0.05) is 0 Å². The first-order valence-electron chi connectivity index (χ1n) is 14.8. The van der Waals surface area contributed by atoms with Gasteiger partial charge in [-0.1, -0.05) is 109 Å². The third-order valence-electron chi connectivity index (χ3n) is 6.95. The molecule has 3 atom stereocenters. The molecule has 0 fully saturated rings. The Morgan fingerprint density at radius 1 is 0.949 bits per heavy atom. The van der Waals surface area contributed by atoms with Gasteiger partial charge in [-0.25, -0.2) is 0 Å². The number of rotatable bonds is 20. The zero-order valence-electron chi connectivity index (χ0n) is 26.6. The fraction of sp³-hybridized carbons (Fsp3) is 0.793. The van der Waals surface area contributed by atoms with Crippen molar-refractivity contribution in [1.82, 2.24) is 0 Å². The topological polar surface area (TPSA) is 107 Å². The number of allylic oxidation sites excluding steroid dienone is 4. The van der Waals surface area contributed by atoms with Gasteiger partial charge in [0.05, 0.1) is 19.6 Å². The van der Waals surface area contributed by atoms with Gasteiger partial charge >= 0.3 is 41.5 Å². The second kappa shape index (κ2) is 25.6. The Morgan fingerprint density at radius 3 is 1.92 bits per heavy atom. The van der Waals surface area contributed by atoms with Crippen LogP contribution >= 0.6 is 0 Å². The molecule has 0 aromatic rings. The van der Waals surface area contributed by atoms with Gasteiger partial charge in [0.15, 0.2) is 5.25 Å². The van der Waals surface area contributed by atoms with E-state index in [1.807, 2.05) is 13.8 Å². The molecule has 0 amide bonds. The predicted octanol–water partition coefficient (Wildman–Crippen LogP) is 3.75. The molecule has 0 heterocycles. The molecule has 1 aliphatic rings. The minimum atomic E-state index is -4.76. The average molecular weight is 597 g/mol. The SMILES string of the molecule is CCCCC(CC)COC(=O)CC(C(=O)OCC(CC)CCCC)S(=O)(=O)O.CCC[CH2][AlH][C]1=CC=CC1.[H-].[Na+]. The number of hydrogen-bond donors (Lipinski definition) is 1. The van der Waals surface area contributed by atoms with Crippen molar-refractivity contribution in [2.24, 2.45) is 11.8 Å². The number of carbonyl (C=O) groups excluding carboxylic acids is 2. The van der Waals surface area contributed by atoms with Crippen LogP contribution in [0.2, 0.25) is 5.28 Å². The quantitative estimate of drug-likeness (QED) is 0.0988. The first-order valence-corrected chi connectivity index (χ1v) is 18.0. The van der Waals surface area contributed by atoms with Crippen molar-refractivity contribution >= 4 is 37.3 Å². The molecule has 0 radical (unpaired) electrons. The largest absolute Gasteiger partial charge is 1.00 e. The van der Waals surface area contributed by atoms with E-state index in [1.54, 1.807) is 4.44 Å². The summed E-state index contributed by atoms with van der Waals surface area (Å²) in [6.07, 6.45) is 17.6. The minimum absolute atomic E-state index is 0. The Bertz CT molecular complexity index is 821. The Morgan fingerprint density at radius 2 is 1.49 bits per heavy atom. The molecule has 0 saturated heterocycles. The summed E-state index contributed by atoms with van der Waals surface area (Å²) in [5, 5.41) is -0.427. The van der Waals surface area contributed by atoms with E-state index in [0.717, 1.165) is 51.4 Å². The van der Waals surface area contributed by atoms with Crippen molar-refractivity contribution in [2.45, 2.75) is 122 Å². The Hall–Kier alpha value is -0.138. The van der Waals surface area contributed by atoms with Gasteiger partial charge in [-0.2, -0.15) is 8.42 Å². The second-order valence-corrected chi connectivity index (χ2v) is 14.0. The maximum absolute atomic E-state index is 12.2. The zero-order chi connectivity index (χ0) is 28.8. The van der Waals surface area contributed by atoms with E-state index in [1.165, 1.54) is 24.5 Å². The molecule has 0 bridgehead atoms. The monoisotopic (exact) mass is 596 g/mol. The first kappa shape index (κ1) is 41.0. The summed E-state index contributed by atoms with van der Waals surface area (Å²) in [6, 6.07) is 0. The van der Waals surface area contributed by atoms with Crippen LogP contribution in [0, 0.1) is 11.8 Å². The molecule has 0 aromatic heterocycles. The van der Waals surface area contributed by atoms with E-state index in [-0.39, 0.29) is 71.3 Å². The molecule has 1 rings (SSSR count). The van der Waals surface area contributed by atoms with Crippen LogP contribution in [0.3, 0.4) is 0 Å². The van der Waals surface area contributed by atoms with Crippen LogP contribution in [0.4, 0.5) is 0 Å². The van der Waals surface area contributed by atoms with Gasteiger partial charge in [-0.05, 0) is 31.1 Å². The molecule has 0 saturated carbocycles. The van der Waals surface area contributed by atoms with Crippen LogP contribution in [-0.2, 0) is 29.2 Å². The van der Waals surface area contributed by atoms with Gasteiger partial charge in [0.25, 0.3) is 25.3 Å². The van der Waals surface area contributed by atoms with Crippen molar-refractivity contribution in [3.05, 3.63) is 22.7 Å². The smallest absolute Gasteiger partial charge is 1.00 e. The summed E-state index contributed by atoms with van der Waals surface area (Å²) >= 11 is 0.175. The van der Waals surface area contributed by atoms with Crippen LogP contribution in [-0.4, -0.2) is 58.6 Å². The Kier molecular flexibility index (Phi) is 26.9. The van der Waals surface area contributed by atoms with E-state index >= 15 is 0 Å². The van der Waals surface area contributed by atoms with Crippen LogP contribution < -0.4 is 29.6 Å². The van der Waals surface area contributed by atoms with E-state index < -0.39 is 33.7 Å². The fourth-order valence-electron chi connectivity index (χ4n) is 4.10. The molecule has 1 aliphatic carbocycles. The summed E-state index contributed by atoms with van der Waals surface area (Å²) in [7, 11) is -4.76. The summed E-state index contributed by atoms with van der Waals surface area (Å²) in [5.74, 6) is -1.61. The van der Waals surface area contributed by atoms with Crippen LogP contribution in [0.15, 0.2) is 22.7 Å². The van der Waals surface area contributed by atoms with Crippen molar-refractivity contribution in [1.29, 1.82) is 0 Å². The van der Waals surface area contributed by atoms with Gasteiger partial charge in [0.2, 0.25) is 0 Å². The minimum Gasteiger partial charge on any atom is -1.00 e. The fourth-order valence-corrected chi connectivity index (χ4v) is 6.64. The van der Waals surface area contributed by atoms with Crippen molar-refractivity contribution in [3.8, 4) is 0 Å². The van der Waals surface area contributed by atoms with Crippen molar-refractivity contribution < 1.29 is 63.0 Å². The number of carbonyl (C=O) groups is 2. The number of unbranched alkanes of at least 4 members (excludes halogenated alkanes) is 3. The molecular formula is C29H54AlNaO7S. The molecule has 0 aromatic carbocycles. The third-order valence-corrected chi connectivity index (χ3v) is 10.1. The van der Waals surface area contributed by atoms with Crippen LogP contribution in [0.25, 0.3) is 0 Å². The number of ether oxygens (including phenoxy) is 2. The van der Waals surface area contributed by atoms with E-state index in [2.05, 4.69) is 39.0 Å². The molecule has 1 N–H and O–H groups in total. The summed E-state index contributed by atoms with van der Waals surface area (Å²) in [4.78, 5) is 24.2. The molecule has 0 spiro atoms. The standard InChI is InChI=1S/C20H38O7S.C5H5.C4H9.Al.Na.2H/c1-5-9-11-16(7-3)14-26-19(21)13-18(28(23,24)25)20(22)27-15-17(8-4)12-10-6-2;1-2-4-5-3-1;1-3-4-2;;;;/h16-18H,5-15H2,1-4H3,(H,23,24,25);1-3H,4H2;1,3-4H2,2H3;;;;/q;;;;+1;;-1. The normalized spacial score (nSPS) is 14.7. The zero-order valence-corrected chi connectivity index (χ0v) is 29.8. The average Bonchev–Trinajstić information content (AvgIpc) is 3.41. The Balaban J connectivity index is -0.000000956.